The quantitative estimate of drug-likeness (QED) is 0.216. The molecule has 4 amide bonds. The number of carboxylic acids is 1. The Morgan fingerprint density at radius 3 is 2.56 bits per heavy atom. The van der Waals surface area contributed by atoms with Gasteiger partial charge < -0.3 is 35.0 Å². The molecule has 0 bridgehead atoms. The Labute approximate surface area is 194 Å². The maximum Gasteiger partial charge on any atom is 0.526 e. The molecule has 1 unspecified atom stereocenters. The molecule has 0 spiro atoms. The summed E-state index contributed by atoms with van der Waals surface area (Å²) in [6, 6.07) is 3.22. The van der Waals surface area contributed by atoms with Crippen molar-refractivity contribution in [2.75, 3.05) is 19.6 Å². The van der Waals surface area contributed by atoms with E-state index >= 15 is 0 Å². The summed E-state index contributed by atoms with van der Waals surface area (Å²) in [6.45, 7) is 1.91. The molecule has 0 saturated carbocycles. The molecule has 0 radical (unpaired) electrons. The van der Waals surface area contributed by atoms with Gasteiger partial charge in [-0.05, 0) is 25.0 Å². The molecule has 5 N–H and O–H groups in total. The zero-order valence-electron chi connectivity index (χ0n) is 18.2. The van der Waals surface area contributed by atoms with Crippen molar-refractivity contribution in [2.45, 2.75) is 31.5 Å². The monoisotopic (exact) mass is 475 g/mol. The van der Waals surface area contributed by atoms with Gasteiger partial charge in [-0.1, -0.05) is 12.1 Å². The average molecular weight is 475 g/mol. The number of amides is 4. The number of ketones is 1. The normalized spacial score (nSPS) is 18.7. The van der Waals surface area contributed by atoms with Gasteiger partial charge in [-0.15, -0.1) is 0 Å². The molecular formula is C19H23B2N3O10. The summed E-state index contributed by atoms with van der Waals surface area (Å²) < 4.78 is 5.32. The molecule has 13 nitrogen and oxygen atoms in total. The predicted molar refractivity (Wildman–Crippen MR) is 116 cm³/mol. The van der Waals surface area contributed by atoms with Crippen LogP contribution in [0.4, 0.5) is 4.79 Å². The third kappa shape index (κ3) is 5.05. The number of hydrogen-bond donors (Lipinski definition) is 5. The number of urea groups is 1. The summed E-state index contributed by atoms with van der Waals surface area (Å²) in [4.78, 5) is 62.6. The third-order valence-corrected chi connectivity index (χ3v) is 5.77. The van der Waals surface area contributed by atoms with Gasteiger partial charge in [0.15, 0.2) is 5.78 Å². The van der Waals surface area contributed by atoms with Crippen LogP contribution in [0.15, 0.2) is 18.2 Å². The SMILES string of the molecule is CCN1CCN(C(=O)NC(B(O)O)C(=O)C[C@H]2Cc3cccc(C(=O)O)c3OB2O)C(=O)C1=O. The van der Waals surface area contributed by atoms with Crippen molar-refractivity contribution in [2.24, 2.45) is 0 Å². The van der Waals surface area contributed by atoms with E-state index in [1.54, 1.807) is 13.0 Å². The highest BCUT2D eigenvalue weighted by molar-refractivity contribution is 6.51. The lowest BCUT2D eigenvalue weighted by Gasteiger charge is -2.33. The lowest BCUT2D eigenvalue weighted by atomic mass is 9.62. The molecule has 15 heteroatoms. The highest BCUT2D eigenvalue weighted by atomic mass is 16.5. The van der Waals surface area contributed by atoms with E-state index in [0.29, 0.717) is 10.5 Å². The first-order chi connectivity index (χ1) is 16.0. The molecule has 3 rings (SSSR count). The van der Waals surface area contributed by atoms with Gasteiger partial charge in [0.05, 0.1) is 5.56 Å². The van der Waals surface area contributed by atoms with Gasteiger partial charge in [-0.25, -0.2) is 9.59 Å². The van der Waals surface area contributed by atoms with E-state index in [1.165, 1.54) is 17.0 Å². The maximum absolute atomic E-state index is 12.8. The summed E-state index contributed by atoms with van der Waals surface area (Å²) in [7, 11) is -3.89. The summed E-state index contributed by atoms with van der Waals surface area (Å²) in [5.41, 5.74) is 0.283. The van der Waals surface area contributed by atoms with Gasteiger partial charge in [0, 0.05) is 31.9 Å². The van der Waals surface area contributed by atoms with Crippen LogP contribution >= 0.6 is 0 Å². The van der Waals surface area contributed by atoms with Crippen LogP contribution in [-0.4, -0.2) is 99.4 Å². The van der Waals surface area contributed by atoms with Crippen molar-refractivity contribution in [3.8, 4) is 5.75 Å². The second kappa shape index (κ2) is 10.2. The first-order valence-electron chi connectivity index (χ1n) is 10.5. The Hall–Kier alpha value is -3.42. The van der Waals surface area contributed by atoms with E-state index in [2.05, 4.69) is 5.32 Å². The van der Waals surface area contributed by atoms with E-state index in [9.17, 15) is 44.2 Å². The molecule has 2 aliphatic heterocycles. The molecule has 1 saturated heterocycles. The molecule has 34 heavy (non-hydrogen) atoms. The van der Waals surface area contributed by atoms with Crippen molar-refractivity contribution in [1.82, 2.24) is 15.1 Å². The average Bonchev–Trinajstić information content (AvgIpc) is 2.78. The van der Waals surface area contributed by atoms with Crippen LogP contribution in [0.3, 0.4) is 0 Å². The molecular weight excluding hydrogens is 452 g/mol. The van der Waals surface area contributed by atoms with E-state index in [0.717, 1.165) is 0 Å². The number of Topliss-reactive ketones (excluding diaryl/α,β-unsaturated/α-hetero) is 1. The standard InChI is InChI=1S/C19H23B2N3O10/c1-2-23-6-7-24(17(27)16(23)26)19(30)22-15(20(31)32)13(25)9-11-8-10-4-3-5-12(18(28)29)14(10)34-21(11)33/h3-5,11,15,31-33H,2,6-9H2,1H3,(H,22,30)(H,28,29)/t11-,15?/m1/s1. The number of aromatic carboxylic acids is 1. The second-order valence-electron chi connectivity index (χ2n) is 7.92. The fraction of sp³-hybridized carbons (Fsp3) is 0.421. The molecule has 1 fully saturated rings. The van der Waals surface area contributed by atoms with Crippen LogP contribution in [0.2, 0.25) is 5.82 Å². The number of rotatable bonds is 7. The Bertz CT molecular complexity index is 1020. The van der Waals surface area contributed by atoms with E-state index in [-0.39, 0.29) is 37.4 Å². The van der Waals surface area contributed by atoms with Crippen molar-refractivity contribution in [3.63, 3.8) is 0 Å². The van der Waals surface area contributed by atoms with Gasteiger partial charge in [0.25, 0.3) is 0 Å². The summed E-state index contributed by atoms with van der Waals surface area (Å²) in [5, 5.41) is 41.0. The largest absolute Gasteiger partial charge is 0.535 e. The maximum atomic E-state index is 12.8. The number of carbonyl (C=O) groups is 5. The molecule has 0 aromatic heterocycles. The number of fused-ring (bicyclic) bond motifs is 1. The zero-order valence-corrected chi connectivity index (χ0v) is 18.2. The number of piperazine rings is 1. The molecule has 180 valence electrons. The molecule has 2 aliphatic rings. The summed E-state index contributed by atoms with van der Waals surface area (Å²) in [5.74, 6) is -6.87. The Kier molecular flexibility index (Phi) is 7.59. The van der Waals surface area contributed by atoms with E-state index in [4.69, 9.17) is 4.65 Å². The van der Waals surface area contributed by atoms with Crippen LogP contribution in [0.1, 0.15) is 29.3 Å². The van der Waals surface area contributed by atoms with Gasteiger partial charge in [-0.2, -0.15) is 0 Å². The molecule has 2 heterocycles. The topological polar surface area (TPSA) is 194 Å². The number of likely N-dealkylation sites (N-methyl/N-ethyl adjacent to an activating group) is 1. The Morgan fingerprint density at radius 1 is 1.24 bits per heavy atom. The van der Waals surface area contributed by atoms with Crippen LogP contribution in [0, 0.1) is 0 Å². The van der Waals surface area contributed by atoms with Crippen LogP contribution in [0.25, 0.3) is 0 Å². The first kappa shape index (κ1) is 25.2. The van der Waals surface area contributed by atoms with Crippen LogP contribution in [-0.2, 0) is 20.8 Å². The minimum absolute atomic E-state index is 0.0207. The van der Waals surface area contributed by atoms with Gasteiger partial charge >= 0.3 is 38.1 Å². The lowest BCUT2D eigenvalue weighted by Crippen LogP contribution is -2.62. The number of benzene rings is 1. The zero-order chi connectivity index (χ0) is 25.2. The van der Waals surface area contributed by atoms with Crippen LogP contribution in [0.5, 0.6) is 5.75 Å². The number of carbonyl (C=O) groups excluding carboxylic acids is 4. The first-order valence-corrected chi connectivity index (χ1v) is 10.5. The number of nitrogens with one attached hydrogen (secondary N) is 1. The highest BCUT2D eigenvalue weighted by Gasteiger charge is 2.43. The second-order valence-corrected chi connectivity index (χ2v) is 7.92. The highest BCUT2D eigenvalue weighted by Crippen LogP contribution is 2.36. The fourth-order valence-corrected chi connectivity index (χ4v) is 3.91. The molecule has 2 atom stereocenters. The summed E-state index contributed by atoms with van der Waals surface area (Å²) in [6.07, 6.45) is -0.408. The lowest BCUT2D eigenvalue weighted by molar-refractivity contribution is -0.153. The predicted octanol–water partition coefficient (Wildman–Crippen LogP) is -2.09. The number of para-hydroxylation sites is 1. The number of carboxylic acid groups (broad SMARTS) is 1. The van der Waals surface area contributed by atoms with Gasteiger partial charge in [0.2, 0.25) is 0 Å². The van der Waals surface area contributed by atoms with E-state index < -0.39 is 62.0 Å². The van der Waals surface area contributed by atoms with Crippen molar-refractivity contribution < 1.29 is 48.8 Å². The number of imide groups is 1. The van der Waals surface area contributed by atoms with Gasteiger partial charge in [-0.3, -0.25) is 19.3 Å². The molecule has 1 aromatic rings. The smallest absolute Gasteiger partial charge is 0.526 e. The van der Waals surface area contributed by atoms with Crippen molar-refractivity contribution >= 4 is 43.8 Å². The molecule has 0 aliphatic carbocycles. The Balaban J connectivity index is 1.69. The molecule has 1 aromatic carbocycles. The number of nitrogens with zero attached hydrogens (tertiary/aromatic N) is 2. The van der Waals surface area contributed by atoms with E-state index in [1.807, 2.05) is 0 Å². The van der Waals surface area contributed by atoms with Crippen molar-refractivity contribution in [3.05, 3.63) is 29.3 Å². The summed E-state index contributed by atoms with van der Waals surface area (Å²) >= 11 is 0. The number of hydrogen-bond acceptors (Lipinski definition) is 9. The van der Waals surface area contributed by atoms with Crippen molar-refractivity contribution in [1.29, 1.82) is 0 Å². The minimum atomic E-state index is -2.33. The fourth-order valence-electron chi connectivity index (χ4n) is 3.91. The third-order valence-electron chi connectivity index (χ3n) is 5.77. The van der Waals surface area contributed by atoms with Crippen LogP contribution < -0.4 is 9.97 Å². The Morgan fingerprint density at radius 2 is 1.94 bits per heavy atom. The van der Waals surface area contributed by atoms with Gasteiger partial charge in [0.1, 0.15) is 11.7 Å². The minimum Gasteiger partial charge on any atom is -0.535 e.